The normalized spacial score (nSPS) is 21.6. The summed E-state index contributed by atoms with van der Waals surface area (Å²) in [6.45, 7) is 2.80. The quantitative estimate of drug-likeness (QED) is 0.861. The summed E-state index contributed by atoms with van der Waals surface area (Å²) in [6, 6.07) is 3.87. The van der Waals surface area contributed by atoms with Crippen LogP contribution in [0.5, 0.6) is 0 Å². The van der Waals surface area contributed by atoms with Gasteiger partial charge in [-0.25, -0.2) is 0 Å². The number of rotatable bonds is 3. The Morgan fingerprint density at radius 3 is 2.60 bits per heavy atom. The third kappa shape index (κ3) is 3.17. The number of aryl methyl sites for hydroxylation is 1. The summed E-state index contributed by atoms with van der Waals surface area (Å²) in [5, 5.41) is 0. The van der Waals surface area contributed by atoms with Crippen molar-refractivity contribution in [3.05, 3.63) is 21.3 Å². The van der Waals surface area contributed by atoms with Crippen LogP contribution >= 0.6 is 22.9 Å². The highest BCUT2D eigenvalue weighted by Gasteiger charge is 2.40. The van der Waals surface area contributed by atoms with E-state index in [2.05, 4.69) is 0 Å². The second kappa shape index (κ2) is 6.02. The van der Waals surface area contributed by atoms with Crippen molar-refractivity contribution in [2.24, 2.45) is 0 Å². The lowest BCUT2D eigenvalue weighted by atomic mass is 10.0. The zero-order valence-corrected chi connectivity index (χ0v) is 12.8. The Hall–Kier alpha value is -0.620. The number of likely N-dealkylation sites (tertiary alicyclic amines) is 1. The number of halogens is 1. The molecular weight excluding hydrogens is 298 g/mol. The van der Waals surface area contributed by atoms with Gasteiger partial charge in [0.05, 0.1) is 17.6 Å². The molecule has 2 aliphatic heterocycles. The van der Waals surface area contributed by atoms with E-state index in [1.165, 1.54) is 4.88 Å². The minimum absolute atomic E-state index is 0.211. The summed E-state index contributed by atoms with van der Waals surface area (Å²) >= 11 is 7.44. The molecule has 0 atom stereocenters. The number of hydrogen-bond acceptors (Lipinski definition) is 4. The lowest BCUT2D eigenvalue weighted by Gasteiger charge is -2.37. The zero-order valence-electron chi connectivity index (χ0n) is 11.3. The van der Waals surface area contributed by atoms with Gasteiger partial charge >= 0.3 is 0 Å². The van der Waals surface area contributed by atoms with E-state index in [0.29, 0.717) is 19.6 Å². The van der Waals surface area contributed by atoms with Crippen LogP contribution in [0.25, 0.3) is 0 Å². The Balaban J connectivity index is 1.46. The maximum absolute atomic E-state index is 12.2. The van der Waals surface area contributed by atoms with Crippen molar-refractivity contribution < 1.29 is 14.3 Å². The SMILES string of the molecule is O=C(CCc1ccc(Cl)s1)N1CCC2(CC1)OCCO2. The molecule has 0 unspecified atom stereocenters. The van der Waals surface area contributed by atoms with E-state index in [0.717, 1.165) is 36.7 Å². The Kier molecular flexibility index (Phi) is 4.31. The molecule has 0 aliphatic carbocycles. The van der Waals surface area contributed by atoms with Crippen LogP contribution in [0.4, 0.5) is 0 Å². The highest BCUT2D eigenvalue weighted by Crippen LogP contribution is 2.31. The molecule has 0 aromatic carbocycles. The summed E-state index contributed by atoms with van der Waals surface area (Å²) in [4.78, 5) is 15.3. The maximum atomic E-state index is 12.2. The number of amides is 1. The van der Waals surface area contributed by atoms with Crippen LogP contribution < -0.4 is 0 Å². The average molecular weight is 316 g/mol. The predicted octanol–water partition coefficient (Wildman–Crippen LogP) is 2.70. The molecule has 3 rings (SSSR count). The van der Waals surface area contributed by atoms with Gasteiger partial charge < -0.3 is 14.4 Å². The van der Waals surface area contributed by atoms with Gasteiger partial charge in [-0.1, -0.05) is 11.6 Å². The molecule has 2 fully saturated rings. The summed E-state index contributed by atoms with van der Waals surface area (Å²) in [7, 11) is 0. The fraction of sp³-hybridized carbons (Fsp3) is 0.643. The second-order valence-corrected chi connectivity index (χ2v) is 6.99. The number of thiophene rings is 1. The highest BCUT2D eigenvalue weighted by molar-refractivity contribution is 7.16. The van der Waals surface area contributed by atoms with Gasteiger partial charge in [0.25, 0.3) is 0 Å². The minimum Gasteiger partial charge on any atom is -0.347 e. The summed E-state index contributed by atoms with van der Waals surface area (Å²) in [6.07, 6.45) is 2.88. The molecule has 1 aromatic rings. The Bertz CT molecular complexity index is 475. The molecule has 0 saturated carbocycles. The van der Waals surface area contributed by atoms with Crippen molar-refractivity contribution >= 4 is 28.8 Å². The van der Waals surface area contributed by atoms with Crippen LogP contribution in [0, 0.1) is 0 Å². The number of nitrogens with zero attached hydrogens (tertiary/aromatic N) is 1. The molecule has 0 bridgehead atoms. The van der Waals surface area contributed by atoms with Gasteiger partial charge in [-0.05, 0) is 18.6 Å². The first-order valence-corrected chi connectivity index (χ1v) is 8.16. The van der Waals surface area contributed by atoms with E-state index in [4.69, 9.17) is 21.1 Å². The van der Waals surface area contributed by atoms with Crippen LogP contribution in [0.2, 0.25) is 4.34 Å². The van der Waals surface area contributed by atoms with E-state index in [1.807, 2.05) is 17.0 Å². The van der Waals surface area contributed by atoms with Crippen molar-refractivity contribution in [1.82, 2.24) is 4.90 Å². The van der Waals surface area contributed by atoms with Crippen LogP contribution in [0.15, 0.2) is 12.1 Å². The lowest BCUT2D eigenvalue weighted by Crippen LogP contribution is -2.47. The van der Waals surface area contributed by atoms with Gasteiger partial charge in [-0.3, -0.25) is 4.79 Å². The lowest BCUT2D eigenvalue weighted by molar-refractivity contribution is -0.187. The first-order valence-electron chi connectivity index (χ1n) is 6.97. The number of carbonyl (C=O) groups is 1. The smallest absolute Gasteiger partial charge is 0.222 e. The monoisotopic (exact) mass is 315 g/mol. The molecule has 0 radical (unpaired) electrons. The Morgan fingerprint density at radius 1 is 1.30 bits per heavy atom. The molecule has 2 aliphatic rings. The fourth-order valence-electron chi connectivity index (χ4n) is 2.76. The molecule has 0 N–H and O–H groups in total. The molecule has 2 saturated heterocycles. The first kappa shape index (κ1) is 14.3. The van der Waals surface area contributed by atoms with E-state index in [9.17, 15) is 4.79 Å². The molecule has 1 spiro atoms. The van der Waals surface area contributed by atoms with Gasteiger partial charge in [0.2, 0.25) is 5.91 Å². The third-order valence-electron chi connectivity index (χ3n) is 3.91. The van der Waals surface area contributed by atoms with Crippen LogP contribution in [0.3, 0.4) is 0 Å². The van der Waals surface area contributed by atoms with Crippen molar-refractivity contribution in [1.29, 1.82) is 0 Å². The van der Waals surface area contributed by atoms with Crippen LogP contribution in [0.1, 0.15) is 24.1 Å². The highest BCUT2D eigenvalue weighted by atomic mass is 35.5. The summed E-state index contributed by atoms with van der Waals surface area (Å²) in [5.74, 6) is -0.194. The number of hydrogen-bond donors (Lipinski definition) is 0. The molecular formula is C14H18ClNO3S. The molecule has 6 heteroatoms. The van der Waals surface area contributed by atoms with Gasteiger partial charge in [-0.2, -0.15) is 0 Å². The van der Waals surface area contributed by atoms with Crippen molar-refractivity contribution in [2.75, 3.05) is 26.3 Å². The minimum atomic E-state index is -0.405. The molecule has 1 aromatic heterocycles. The van der Waals surface area contributed by atoms with Gasteiger partial charge in [0.15, 0.2) is 5.79 Å². The Labute approximate surface area is 127 Å². The van der Waals surface area contributed by atoms with Crippen molar-refractivity contribution in [2.45, 2.75) is 31.5 Å². The van der Waals surface area contributed by atoms with Crippen molar-refractivity contribution in [3.8, 4) is 0 Å². The second-order valence-electron chi connectivity index (χ2n) is 5.19. The number of piperidine rings is 1. The van der Waals surface area contributed by atoms with Crippen LogP contribution in [-0.2, 0) is 20.7 Å². The molecule has 110 valence electrons. The summed E-state index contributed by atoms with van der Waals surface area (Å²) < 4.78 is 12.1. The number of carbonyl (C=O) groups excluding carboxylic acids is 1. The average Bonchev–Trinajstić information content (AvgIpc) is 3.07. The molecule has 4 nitrogen and oxygen atoms in total. The van der Waals surface area contributed by atoms with E-state index in [1.54, 1.807) is 11.3 Å². The first-order chi connectivity index (χ1) is 9.67. The van der Waals surface area contributed by atoms with E-state index < -0.39 is 5.79 Å². The van der Waals surface area contributed by atoms with Crippen molar-refractivity contribution in [3.63, 3.8) is 0 Å². The zero-order chi connectivity index (χ0) is 14.0. The molecule has 20 heavy (non-hydrogen) atoms. The van der Waals surface area contributed by atoms with Gasteiger partial charge in [0.1, 0.15) is 0 Å². The largest absolute Gasteiger partial charge is 0.347 e. The third-order valence-corrected chi connectivity index (χ3v) is 5.20. The molecule has 1 amide bonds. The fourth-order valence-corrected chi connectivity index (χ4v) is 3.84. The van der Waals surface area contributed by atoms with Gasteiger partial charge in [0, 0.05) is 37.2 Å². The maximum Gasteiger partial charge on any atom is 0.222 e. The summed E-state index contributed by atoms with van der Waals surface area (Å²) in [5.41, 5.74) is 0. The van der Waals surface area contributed by atoms with Gasteiger partial charge in [-0.15, -0.1) is 11.3 Å². The number of ether oxygens (including phenoxy) is 2. The van der Waals surface area contributed by atoms with E-state index in [-0.39, 0.29) is 5.91 Å². The topological polar surface area (TPSA) is 38.8 Å². The predicted molar refractivity (Wildman–Crippen MR) is 78.1 cm³/mol. The molecule has 3 heterocycles. The van der Waals surface area contributed by atoms with E-state index >= 15 is 0 Å². The Morgan fingerprint density at radius 2 is 2.00 bits per heavy atom. The van der Waals surface area contributed by atoms with Crippen LogP contribution in [-0.4, -0.2) is 42.9 Å². The standard InChI is InChI=1S/C14H18ClNO3S/c15-12-3-1-11(20-12)2-4-13(17)16-7-5-14(6-8-16)18-9-10-19-14/h1,3H,2,4-10H2.